The van der Waals surface area contributed by atoms with Crippen LogP contribution in [0.5, 0.6) is 0 Å². The van der Waals surface area contributed by atoms with Crippen LogP contribution < -0.4 is 0 Å². The van der Waals surface area contributed by atoms with Crippen molar-refractivity contribution in [1.82, 2.24) is 14.3 Å². The number of hydrogen-bond donors (Lipinski definition) is 1. The predicted octanol–water partition coefficient (Wildman–Crippen LogP) is 2.50. The molecule has 1 saturated heterocycles. The van der Waals surface area contributed by atoms with Crippen LogP contribution in [0.25, 0.3) is 0 Å². The molecule has 26 heavy (non-hydrogen) atoms. The standard InChI is InChI=1S/C18H23N3O3S2/c1-14-3-5-17(6-4-14)26(23,24)25-21-9-7-18(22,8-10-21)11-16-13-19-15(2)12-20-16/h3-6,12-13,22H,7-11H2,1-2H3. The maximum absolute atomic E-state index is 12.5. The monoisotopic (exact) mass is 393 g/mol. The largest absolute Gasteiger partial charge is 0.389 e. The van der Waals surface area contributed by atoms with Crippen molar-refractivity contribution in [3.8, 4) is 0 Å². The van der Waals surface area contributed by atoms with E-state index in [0.29, 0.717) is 37.2 Å². The van der Waals surface area contributed by atoms with Gasteiger partial charge in [0.05, 0.1) is 32.9 Å². The first-order valence-electron chi connectivity index (χ1n) is 8.52. The van der Waals surface area contributed by atoms with Gasteiger partial charge in [0.2, 0.25) is 8.87 Å². The summed E-state index contributed by atoms with van der Waals surface area (Å²) >= 11 is 0. The zero-order valence-electron chi connectivity index (χ0n) is 14.9. The minimum absolute atomic E-state index is 0.309. The van der Waals surface area contributed by atoms with E-state index in [9.17, 15) is 13.5 Å². The number of benzene rings is 1. The van der Waals surface area contributed by atoms with E-state index < -0.39 is 14.5 Å². The third-order valence-corrected chi connectivity index (χ3v) is 7.93. The van der Waals surface area contributed by atoms with Crippen molar-refractivity contribution in [2.24, 2.45) is 0 Å². The number of aliphatic hydroxyl groups is 1. The highest BCUT2D eigenvalue weighted by molar-refractivity contribution is 8.71. The zero-order chi connectivity index (χ0) is 18.8. The topological polar surface area (TPSA) is 83.4 Å². The van der Waals surface area contributed by atoms with Gasteiger partial charge in [0.1, 0.15) is 0 Å². The molecule has 0 saturated carbocycles. The van der Waals surface area contributed by atoms with Crippen LogP contribution >= 0.6 is 11.0 Å². The summed E-state index contributed by atoms with van der Waals surface area (Å²) < 4.78 is 26.9. The summed E-state index contributed by atoms with van der Waals surface area (Å²) in [7, 11) is -2.58. The molecule has 0 aliphatic carbocycles. The van der Waals surface area contributed by atoms with Gasteiger partial charge in [0.25, 0.3) is 0 Å². The van der Waals surface area contributed by atoms with E-state index in [-0.39, 0.29) is 0 Å². The summed E-state index contributed by atoms with van der Waals surface area (Å²) in [6.45, 7) is 4.81. The molecular formula is C18H23N3O3S2. The second-order valence-electron chi connectivity index (χ2n) is 6.82. The Balaban J connectivity index is 1.59. The SMILES string of the molecule is Cc1ccc(S(=O)(=O)SN2CCC(O)(Cc3cnc(C)cn3)CC2)cc1. The summed E-state index contributed by atoms with van der Waals surface area (Å²) in [5, 5.41) is 10.8. The number of hydrogen-bond acceptors (Lipinski definition) is 7. The molecule has 0 atom stereocenters. The average Bonchev–Trinajstić information content (AvgIpc) is 2.59. The molecule has 1 aliphatic heterocycles. The summed E-state index contributed by atoms with van der Waals surface area (Å²) in [5.74, 6) is 0. The van der Waals surface area contributed by atoms with Gasteiger partial charge in [0.15, 0.2) is 0 Å². The number of aromatic nitrogens is 2. The summed E-state index contributed by atoms with van der Waals surface area (Å²) in [5.41, 5.74) is 1.75. The molecule has 1 aromatic heterocycles. The van der Waals surface area contributed by atoms with Crippen LogP contribution in [0.3, 0.4) is 0 Å². The van der Waals surface area contributed by atoms with Gasteiger partial charge in [-0.25, -0.2) is 12.7 Å². The fraction of sp³-hybridized carbons (Fsp3) is 0.444. The molecule has 0 unspecified atom stereocenters. The van der Waals surface area contributed by atoms with Crippen LogP contribution in [0, 0.1) is 13.8 Å². The van der Waals surface area contributed by atoms with Crippen LogP contribution in [0.4, 0.5) is 0 Å². The van der Waals surface area contributed by atoms with Crippen LogP contribution in [0.15, 0.2) is 41.6 Å². The Bertz CT molecular complexity index is 844. The first-order valence-corrected chi connectivity index (χ1v) is 11.3. The van der Waals surface area contributed by atoms with Gasteiger partial charge in [0, 0.05) is 31.9 Å². The lowest BCUT2D eigenvalue weighted by Gasteiger charge is -2.36. The molecule has 0 amide bonds. The Morgan fingerprint density at radius 1 is 1.12 bits per heavy atom. The molecule has 8 heteroatoms. The normalized spacial score (nSPS) is 18.0. The zero-order valence-corrected chi connectivity index (χ0v) is 16.6. The third kappa shape index (κ3) is 4.82. The fourth-order valence-electron chi connectivity index (χ4n) is 2.89. The fourth-order valence-corrected chi connectivity index (χ4v) is 5.92. The summed E-state index contributed by atoms with van der Waals surface area (Å²) in [6, 6.07) is 6.86. The first-order chi connectivity index (χ1) is 12.3. The minimum Gasteiger partial charge on any atom is -0.389 e. The van der Waals surface area contributed by atoms with Gasteiger partial charge >= 0.3 is 0 Å². The van der Waals surface area contributed by atoms with Crippen LogP contribution in [-0.2, 0) is 15.3 Å². The van der Waals surface area contributed by atoms with Crippen molar-refractivity contribution in [1.29, 1.82) is 0 Å². The Labute approximate surface area is 158 Å². The molecule has 1 N–H and O–H groups in total. The minimum atomic E-state index is -3.44. The van der Waals surface area contributed by atoms with Crippen LogP contribution in [0.2, 0.25) is 0 Å². The molecule has 0 radical (unpaired) electrons. The van der Waals surface area contributed by atoms with E-state index in [1.54, 1.807) is 36.7 Å². The molecule has 1 fully saturated rings. The number of aryl methyl sites for hydroxylation is 2. The van der Waals surface area contributed by atoms with Crippen molar-refractivity contribution in [2.75, 3.05) is 13.1 Å². The number of piperidine rings is 1. The molecule has 1 aliphatic rings. The van der Waals surface area contributed by atoms with E-state index in [1.807, 2.05) is 18.2 Å². The van der Waals surface area contributed by atoms with Gasteiger partial charge < -0.3 is 5.11 Å². The lowest BCUT2D eigenvalue weighted by Crippen LogP contribution is -2.43. The molecule has 2 aromatic rings. The van der Waals surface area contributed by atoms with Crippen LogP contribution in [-0.4, -0.2) is 46.5 Å². The maximum atomic E-state index is 12.5. The van der Waals surface area contributed by atoms with Crippen molar-refractivity contribution in [2.45, 2.75) is 43.6 Å². The third-order valence-electron chi connectivity index (χ3n) is 4.51. The highest BCUT2D eigenvalue weighted by Gasteiger charge is 2.35. The molecule has 2 heterocycles. The smallest absolute Gasteiger partial charge is 0.244 e. The average molecular weight is 394 g/mol. The van der Waals surface area contributed by atoms with E-state index in [1.165, 1.54) is 0 Å². The highest BCUT2D eigenvalue weighted by atomic mass is 33.1. The molecular weight excluding hydrogens is 370 g/mol. The molecule has 140 valence electrons. The molecule has 0 bridgehead atoms. The van der Waals surface area contributed by atoms with Crippen molar-refractivity contribution in [3.05, 3.63) is 53.6 Å². The number of nitrogens with zero attached hydrogens (tertiary/aromatic N) is 3. The first kappa shape index (κ1) is 19.3. The van der Waals surface area contributed by atoms with E-state index >= 15 is 0 Å². The second-order valence-corrected chi connectivity index (χ2v) is 10.6. The van der Waals surface area contributed by atoms with Crippen LogP contribution in [0.1, 0.15) is 29.8 Å². The van der Waals surface area contributed by atoms with Gasteiger partial charge in [-0.3, -0.25) is 9.97 Å². The molecule has 0 spiro atoms. The Hall–Kier alpha value is -1.48. The van der Waals surface area contributed by atoms with Crippen molar-refractivity contribution >= 4 is 19.8 Å². The van der Waals surface area contributed by atoms with Gasteiger partial charge in [-0.1, -0.05) is 17.7 Å². The molecule has 3 rings (SSSR count). The van der Waals surface area contributed by atoms with Crippen molar-refractivity contribution < 1.29 is 13.5 Å². The van der Waals surface area contributed by atoms with E-state index in [0.717, 1.165) is 27.9 Å². The Morgan fingerprint density at radius 2 is 1.77 bits per heavy atom. The highest BCUT2D eigenvalue weighted by Crippen LogP contribution is 2.33. The lowest BCUT2D eigenvalue weighted by atomic mass is 9.88. The van der Waals surface area contributed by atoms with Gasteiger partial charge in [-0.15, -0.1) is 0 Å². The summed E-state index contributed by atoms with van der Waals surface area (Å²) in [6.07, 6.45) is 4.82. The van der Waals surface area contributed by atoms with E-state index in [4.69, 9.17) is 0 Å². The predicted molar refractivity (Wildman–Crippen MR) is 102 cm³/mol. The molecule has 6 nitrogen and oxygen atoms in total. The van der Waals surface area contributed by atoms with Gasteiger partial charge in [-0.2, -0.15) is 0 Å². The lowest BCUT2D eigenvalue weighted by molar-refractivity contribution is -0.00351. The number of rotatable bonds is 5. The maximum Gasteiger partial charge on any atom is 0.244 e. The van der Waals surface area contributed by atoms with Gasteiger partial charge in [-0.05, 0) is 38.8 Å². The quantitative estimate of drug-likeness (QED) is 0.617. The molecule has 1 aromatic carbocycles. The second kappa shape index (κ2) is 7.64. The van der Waals surface area contributed by atoms with E-state index in [2.05, 4.69) is 9.97 Å². The Kier molecular flexibility index (Phi) is 5.67. The van der Waals surface area contributed by atoms with Crippen molar-refractivity contribution in [3.63, 3.8) is 0 Å². The Morgan fingerprint density at radius 3 is 2.35 bits per heavy atom. The summed E-state index contributed by atoms with van der Waals surface area (Å²) in [4.78, 5) is 8.83.